The Morgan fingerprint density at radius 3 is 2.48 bits per heavy atom. The average molecular weight is 353 g/mol. The van der Waals surface area contributed by atoms with Crippen molar-refractivity contribution in [3.63, 3.8) is 0 Å². The van der Waals surface area contributed by atoms with Gasteiger partial charge >= 0.3 is 11.9 Å². The average Bonchev–Trinajstić information content (AvgIpc) is 3.09. The first-order chi connectivity index (χ1) is 11.9. The van der Waals surface area contributed by atoms with Crippen molar-refractivity contribution in [2.45, 2.75) is 45.8 Å². The van der Waals surface area contributed by atoms with Crippen LogP contribution in [-0.2, 0) is 19.1 Å². The minimum absolute atomic E-state index is 0.0970. The maximum absolute atomic E-state index is 12.9. The van der Waals surface area contributed by atoms with Crippen LogP contribution < -0.4 is 0 Å². The van der Waals surface area contributed by atoms with Crippen LogP contribution >= 0.6 is 0 Å². The molecule has 7 nitrogen and oxygen atoms in total. The number of rotatable bonds is 6. The molecule has 0 aromatic carbocycles. The van der Waals surface area contributed by atoms with E-state index in [9.17, 15) is 14.8 Å². The molecule has 0 bridgehead atoms. The quantitative estimate of drug-likeness (QED) is 0.336. The largest absolute Gasteiger partial charge is 0.632 e. The van der Waals surface area contributed by atoms with Crippen molar-refractivity contribution >= 4 is 11.9 Å². The molecule has 2 saturated heterocycles. The summed E-state index contributed by atoms with van der Waals surface area (Å²) in [4.78, 5) is 23.9. The molecule has 0 spiro atoms. The molecule has 2 aliphatic heterocycles. The summed E-state index contributed by atoms with van der Waals surface area (Å²) < 4.78 is 10.4. The molecular formula is C18H27NO6. The van der Waals surface area contributed by atoms with E-state index in [1.807, 2.05) is 0 Å². The Morgan fingerprint density at radius 2 is 1.88 bits per heavy atom. The van der Waals surface area contributed by atoms with Gasteiger partial charge in [0.05, 0.1) is 31.2 Å². The standard InChI is InChI=1S/C18H27NO6/c1-4-12(3)17(21)25-15-7-9-19(23)8-6-14(16(15)19)11-24-18(22)13(5-2)10-20/h4-5,14-16,20H,6-11H2,1-3H3/b12-4+,13-5+. The molecule has 140 valence electrons. The molecule has 1 N–H and O–H groups in total. The number of nitrogens with zero attached hydrogens (tertiary/aromatic N) is 1. The number of fused-ring (bicyclic) bond motifs is 1. The van der Waals surface area contributed by atoms with Gasteiger partial charge in [0.25, 0.3) is 0 Å². The van der Waals surface area contributed by atoms with Gasteiger partial charge in [-0.05, 0) is 20.8 Å². The maximum atomic E-state index is 12.9. The van der Waals surface area contributed by atoms with Crippen LogP contribution in [0.15, 0.2) is 23.3 Å². The van der Waals surface area contributed by atoms with Crippen molar-refractivity contribution < 1.29 is 28.8 Å². The summed E-state index contributed by atoms with van der Waals surface area (Å²) in [5.74, 6) is -1.12. The van der Waals surface area contributed by atoms with Crippen molar-refractivity contribution in [3.05, 3.63) is 28.5 Å². The summed E-state index contributed by atoms with van der Waals surface area (Å²) in [6, 6.07) is -0.399. The van der Waals surface area contributed by atoms with E-state index in [1.165, 1.54) is 6.08 Å². The van der Waals surface area contributed by atoms with Crippen LogP contribution in [0.5, 0.6) is 0 Å². The molecule has 0 radical (unpaired) electrons. The first-order valence-electron chi connectivity index (χ1n) is 8.71. The number of esters is 2. The van der Waals surface area contributed by atoms with E-state index in [0.717, 1.165) is 0 Å². The molecule has 0 aliphatic carbocycles. The van der Waals surface area contributed by atoms with Gasteiger partial charge in [-0.2, -0.15) is 0 Å². The number of hydrogen-bond donors (Lipinski definition) is 1. The van der Waals surface area contributed by atoms with Crippen LogP contribution in [0.3, 0.4) is 0 Å². The molecule has 4 unspecified atom stereocenters. The van der Waals surface area contributed by atoms with Crippen molar-refractivity contribution in [3.8, 4) is 0 Å². The van der Waals surface area contributed by atoms with E-state index in [1.54, 1.807) is 26.8 Å². The van der Waals surface area contributed by atoms with E-state index in [2.05, 4.69) is 0 Å². The number of quaternary nitrogens is 1. The number of ether oxygens (including phenoxy) is 2. The molecule has 0 aromatic heterocycles. The van der Waals surface area contributed by atoms with Crippen LogP contribution in [0.25, 0.3) is 0 Å². The lowest BCUT2D eigenvalue weighted by Crippen LogP contribution is -2.48. The molecule has 7 heteroatoms. The molecule has 4 atom stereocenters. The fourth-order valence-corrected chi connectivity index (χ4v) is 3.68. The third-order valence-electron chi connectivity index (χ3n) is 5.30. The Kier molecular flexibility index (Phi) is 6.37. The summed E-state index contributed by atoms with van der Waals surface area (Å²) in [6.07, 6.45) is 3.88. The normalized spacial score (nSPS) is 32.4. The van der Waals surface area contributed by atoms with Crippen molar-refractivity contribution in [1.82, 2.24) is 0 Å². The van der Waals surface area contributed by atoms with E-state index in [4.69, 9.17) is 14.6 Å². The number of allylic oxidation sites excluding steroid dienone is 2. The maximum Gasteiger partial charge on any atom is 0.336 e. The van der Waals surface area contributed by atoms with Crippen LogP contribution in [-0.4, -0.2) is 60.1 Å². The smallest absolute Gasteiger partial charge is 0.336 e. The Balaban J connectivity index is 2.03. The number of aliphatic hydroxyl groups excluding tert-OH is 1. The molecule has 0 aromatic rings. The van der Waals surface area contributed by atoms with E-state index in [0.29, 0.717) is 31.5 Å². The zero-order valence-corrected chi connectivity index (χ0v) is 15.1. The van der Waals surface area contributed by atoms with Gasteiger partial charge in [0.15, 0.2) is 6.10 Å². The number of aliphatic hydroxyl groups is 1. The third kappa shape index (κ3) is 4.11. The Bertz CT molecular complexity index is 584. The van der Waals surface area contributed by atoms with E-state index < -0.39 is 24.1 Å². The molecule has 2 rings (SSSR count). The predicted molar refractivity (Wildman–Crippen MR) is 91.0 cm³/mol. The van der Waals surface area contributed by atoms with Gasteiger partial charge in [0.2, 0.25) is 0 Å². The lowest BCUT2D eigenvalue weighted by Gasteiger charge is -2.40. The summed E-state index contributed by atoms with van der Waals surface area (Å²) in [5, 5.41) is 22.0. The molecule has 25 heavy (non-hydrogen) atoms. The minimum atomic E-state index is -0.572. The first kappa shape index (κ1) is 19.6. The predicted octanol–water partition coefficient (Wildman–Crippen LogP) is 1.45. The summed E-state index contributed by atoms with van der Waals surface area (Å²) in [7, 11) is 0. The minimum Gasteiger partial charge on any atom is -0.632 e. The number of carbonyl (C=O) groups is 2. The van der Waals surface area contributed by atoms with E-state index >= 15 is 0 Å². The first-order valence-corrected chi connectivity index (χ1v) is 8.71. The Labute approximate surface area is 148 Å². The van der Waals surface area contributed by atoms with Gasteiger partial charge in [-0.25, -0.2) is 9.59 Å². The third-order valence-corrected chi connectivity index (χ3v) is 5.30. The van der Waals surface area contributed by atoms with Crippen LogP contribution in [0.1, 0.15) is 33.6 Å². The highest BCUT2D eigenvalue weighted by Gasteiger charge is 2.54. The van der Waals surface area contributed by atoms with Crippen LogP contribution in [0, 0.1) is 11.1 Å². The SMILES string of the molecule is C/C=C(\C)C(=O)OC1CC[N+]2([O-])CCC(COC(=O)/C(=C/C)CO)C12. The van der Waals surface area contributed by atoms with Crippen LogP contribution in [0.4, 0.5) is 0 Å². The number of hydroxylamine groups is 3. The summed E-state index contributed by atoms with van der Waals surface area (Å²) in [5.41, 5.74) is 0.705. The molecule has 0 saturated carbocycles. The van der Waals surface area contributed by atoms with E-state index in [-0.39, 0.29) is 29.4 Å². The zero-order chi connectivity index (χ0) is 18.6. The van der Waals surface area contributed by atoms with Crippen molar-refractivity contribution in [1.29, 1.82) is 0 Å². The molecule has 2 aliphatic rings. The summed E-state index contributed by atoms with van der Waals surface area (Å²) in [6.45, 7) is 5.67. The zero-order valence-electron chi connectivity index (χ0n) is 15.1. The molecule has 2 fully saturated rings. The second-order valence-electron chi connectivity index (χ2n) is 6.71. The van der Waals surface area contributed by atoms with Gasteiger partial charge in [-0.15, -0.1) is 0 Å². The second-order valence-corrected chi connectivity index (χ2v) is 6.71. The second kappa shape index (κ2) is 8.12. The number of carbonyl (C=O) groups excluding carboxylic acids is 2. The van der Waals surface area contributed by atoms with Crippen molar-refractivity contribution in [2.75, 3.05) is 26.3 Å². The highest BCUT2D eigenvalue weighted by atomic mass is 16.6. The lowest BCUT2D eigenvalue weighted by molar-refractivity contribution is -0.882. The summed E-state index contributed by atoms with van der Waals surface area (Å²) >= 11 is 0. The highest BCUT2D eigenvalue weighted by Crippen LogP contribution is 2.41. The molecule has 2 heterocycles. The van der Waals surface area contributed by atoms with Crippen LogP contribution in [0.2, 0.25) is 0 Å². The Morgan fingerprint density at radius 1 is 1.20 bits per heavy atom. The monoisotopic (exact) mass is 353 g/mol. The van der Waals surface area contributed by atoms with Gasteiger partial charge in [-0.1, -0.05) is 12.2 Å². The fourth-order valence-electron chi connectivity index (χ4n) is 3.68. The van der Waals surface area contributed by atoms with Crippen molar-refractivity contribution in [2.24, 2.45) is 5.92 Å². The fraction of sp³-hybridized carbons (Fsp3) is 0.667. The number of hydrogen-bond acceptors (Lipinski definition) is 6. The topological polar surface area (TPSA) is 95.9 Å². The molecular weight excluding hydrogens is 326 g/mol. The van der Waals surface area contributed by atoms with Gasteiger partial charge in [-0.3, -0.25) is 0 Å². The lowest BCUT2D eigenvalue weighted by atomic mass is 9.97. The van der Waals surface area contributed by atoms with Gasteiger partial charge in [0.1, 0.15) is 12.6 Å². The van der Waals surface area contributed by atoms with Gasteiger partial charge < -0.3 is 24.4 Å². The highest BCUT2D eigenvalue weighted by molar-refractivity contribution is 5.88. The Hall–Kier alpha value is -1.70. The molecule has 0 amide bonds. The van der Waals surface area contributed by atoms with Gasteiger partial charge in [0, 0.05) is 18.4 Å².